The highest BCUT2D eigenvalue weighted by molar-refractivity contribution is 6.42. The van der Waals surface area contributed by atoms with Crippen molar-refractivity contribution in [3.63, 3.8) is 0 Å². The van der Waals surface area contributed by atoms with Crippen molar-refractivity contribution in [3.8, 4) is 5.75 Å². The quantitative estimate of drug-likeness (QED) is 0.296. The van der Waals surface area contributed by atoms with Gasteiger partial charge in [0.15, 0.2) is 5.76 Å². The number of anilines is 1. The molecule has 0 saturated heterocycles. The first kappa shape index (κ1) is 23.2. The van der Waals surface area contributed by atoms with Gasteiger partial charge in [-0.15, -0.1) is 0 Å². The summed E-state index contributed by atoms with van der Waals surface area (Å²) in [4.78, 5) is 12.8. The Kier molecular flexibility index (Phi) is 6.98. The zero-order valence-corrected chi connectivity index (χ0v) is 20.1. The summed E-state index contributed by atoms with van der Waals surface area (Å²) in [6.45, 7) is 4.41. The largest absolute Gasteiger partial charge is 0.484 e. The molecule has 0 atom stereocenters. The Morgan fingerprint density at radius 2 is 1.82 bits per heavy atom. The number of nitrogens with zero attached hydrogens (tertiary/aromatic N) is 2. The van der Waals surface area contributed by atoms with Gasteiger partial charge in [-0.3, -0.25) is 9.48 Å². The first-order valence-electron chi connectivity index (χ1n) is 10.1. The van der Waals surface area contributed by atoms with Crippen LogP contribution >= 0.6 is 34.8 Å². The van der Waals surface area contributed by atoms with Gasteiger partial charge in [-0.25, -0.2) is 0 Å². The number of aryl methyl sites for hydroxylation is 1. The summed E-state index contributed by atoms with van der Waals surface area (Å²) in [5.41, 5.74) is 3.24. The minimum absolute atomic E-state index is 0.102. The predicted molar refractivity (Wildman–Crippen MR) is 130 cm³/mol. The zero-order valence-electron chi connectivity index (χ0n) is 17.9. The van der Waals surface area contributed by atoms with Crippen molar-refractivity contribution in [1.29, 1.82) is 0 Å². The number of hydrogen-bond acceptors (Lipinski definition) is 4. The fraction of sp³-hybridized carbons (Fsp3) is 0.167. The number of halogens is 3. The number of rotatable bonds is 7. The van der Waals surface area contributed by atoms with Crippen LogP contribution < -0.4 is 10.1 Å². The van der Waals surface area contributed by atoms with Crippen molar-refractivity contribution in [1.82, 2.24) is 9.78 Å². The van der Waals surface area contributed by atoms with Crippen LogP contribution in [0.15, 0.2) is 59.0 Å². The molecule has 0 aliphatic rings. The maximum absolute atomic E-state index is 12.8. The van der Waals surface area contributed by atoms with Crippen LogP contribution in [-0.4, -0.2) is 15.7 Å². The van der Waals surface area contributed by atoms with Crippen LogP contribution in [0.3, 0.4) is 0 Å². The van der Waals surface area contributed by atoms with Gasteiger partial charge in [0.05, 0.1) is 28.6 Å². The molecule has 9 heteroatoms. The van der Waals surface area contributed by atoms with Gasteiger partial charge < -0.3 is 14.5 Å². The number of aromatic nitrogens is 2. The number of nitrogens with one attached hydrogen (secondary N) is 1. The minimum atomic E-state index is -0.376. The highest BCUT2D eigenvalue weighted by Crippen LogP contribution is 2.32. The molecule has 0 bridgehead atoms. The summed E-state index contributed by atoms with van der Waals surface area (Å²) in [5, 5.41) is 8.85. The standard InChI is InChI=1S/C24H20Cl3N3O3/c1-14-23(15(2)30(29-14)12-16-6-8-17(25)9-7-16)28-24(31)21-11-10-18(33-21)13-32-20-5-3-4-19(26)22(20)27/h3-11H,12-13H2,1-2H3,(H,28,31). The third kappa shape index (κ3) is 5.36. The van der Waals surface area contributed by atoms with Gasteiger partial charge in [-0.05, 0) is 55.8 Å². The molecule has 4 rings (SSSR count). The molecule has 6 nitrogen and oxygen atoms in total. The summed E-state index contributed by atoms with van der Waals surface area (Å²) in [5.74, 6) is 0.698. The summed E-state index contributed by atoms with van der Waals surface area (Å²) in [6.07, 6.45) is 0. The summed E-state index contributed by atoms with van der Waals surface area (Å²) < 4.78 is 13.1. The number of furan rings is 1. The monoisotopic (exact) mass is 503 g/mol. The van der Waals surface area contributed by atoms with E-state index in [9.17, 15) is 4.79 Å². The fourth-order valence-electron chi connectivity index (χ4n) is 3.29. The molecule has 170 valence electrons. The minimum Gasteiger partial charge on any atom is -0.484 e. The molecular weight excluding hydrogens is 485 g/mol. The Labute approximate surface area is 206 Å². The second-order valence-corrected chi connectivity index (χ2v) is 8.61. The lowest BCUT2D eigenvalue weighted by molar-refractivity contribution is 0.0992. The van der Waals surface area contributed by atoms with Crippen LogP contribution in [0.5, 0.6) is 5.75 Å². The SMILES string of the molecule is Cc1nn(Cc2ccc(Cl)cc2)c(C)c1NC(=O)c1ccc(COc2cccc(Cl)c2Cl)o1. The van der Waals surface area contributed by atoms with Crippen molar-refractivity contribution in [2.24, 2.45) is 0 Å². The van der Waals surface area contributed by atoms with Gasteiger partial charge in [0.1, 0.15) is 23.1 Å². The number of carbonyl (C=O) groups is 1. The summed E-state index contributed by atoms with van der Waals surface area (Å²) in [6, 6.07) is 16.0. The second kappa shape index (κ2) is 9.91. The van der Waals surface area contributed by atoms with Gasteiger partial charge in [-0.1, -0.05) is 53.0 Å². The van der Waals surface area contributed by atoms with Gasteiger partial charge in [0.2, 0.25) is 0 Å². The number of benzene rings is 2. The first-order chi connectivity index (χ1) is 15.8. The van der Waals surface area contributed by atoms with E-state index in [4.69, 9.17) is 44.0 Å². The van der Waals surface area contributed by atoms with E-state index in [-0.39, 0.29) is 18.3 Å². The van der Waals surface area contributed by atoms with Crippen molar-refractivity contribution >= 4 is 46.4 Å². The second-order valence-electron chi connectivity index (χ2n) is 7.39. The first-order valence-corrected chi connectivity index (χ1v) is 11.2. The van der Waals surface area contributed by atoms with Crippen LogP contribution in [0.25, 0.3) is 0 Å². The van der Waals surface area contributed by atoms with Crippen LogP contribution in [0, 0.1) is 13.8 Å². The van der Waals surface area contributed by atoms with Crippen molar-refractivity contribution in [2.75, 3.05) is 5.32 Å². The molecule has 0 saturated carbocycles. The Balaban J connectivity index is 1.42. The highest BCUT2D eigenvalue weighted by Gasteiger charge is 2.18. The fourth-order valence-corrected chi connectivity index (χ4v) is 3.76. The summed E-state index contributed by atoms with van der Waals surface area (Å²) in [7, 11) is 0. The molecule has 0 fully saturated rings. The van der Waals surface area contributed by atoms with E-state index in [1.807, 2.05) is 42.8 Å². The van der Waals surface area contributed by atoms with Crippen LogP contribution in [-0.2, 0) is 13.2 Å². The normalized spacial score (nSPS) is 10.9. The van der Waals surface area contributed by atoms with Crippen LogP contribution in [0.1, 0.15) is 33.3 Å². The van der Waals surface area contributed by atoms with E-state index < -0.39 is 0 Å². The molecule has 0 radical (unpaired) electrons. The lowest BCUT2D eigenvalue weighted by atomic mass is 10.2. The van der Waals surface area contributed by atoms with Crippen molar-refractivity contribution in [2.45, 2.75) is 27.0 Å². The number of carbonyl (C=O) groups excluding carboxylic acids is 1. The molecule has 33 heavy (non-hydrogen) atoms. The van der Waals surface area contributed by atoms with Gasteiger partial charge in [-0.2, -0.15) is 5.10 Å². The summed E-state index contributed by atoms with van der Waals surface area (Å²) >= 11 is 18.1. The maximum atomic E-state index is 12.8. The third-order valence-corrected chi connectivity index (χ3v) is 6.09. The number of amides is 1. The van der Waals surface area contributed by atoms with E-state index in [0.717, 1.165) is 11.3 Å². The number of hydrogen-bond donors (Lipinski definition) is 1. The molecule has 0 unspecified atom stereocenters. The topological polar surface area (TPSA) is 69.3 Å². The number of ether oxygens (including phenoxy) is 1. The maximum Gasteiger partial charge on any atom is 0.291 e. The molecular formula is C24H20Cl3N3O3. The Hall–Kier alpha value is -2.93. The van der Waals surface area contributed by atoms with Crippen molar-refractivity contribution in [3.05, 3.63) is 98.1 Å². The van der Waals surface area contributed by atoms with E-state index >= 15 is 0 Å². The van der Waals surface area contributed by atoms with E-state index in [1.54, 1.807) is 30.3 Å². The van der Waals surface area contributed by atoms with Gasteiger partial charge in [0, 0.05) is 5.02 Å². The molecule has 1 amide bonds. The van der Waals surface area contributed by atoms with Gasteiger partial charge in [0.25, 0.3) is 5.91 Å². The van der Waals surface area contributed by atoms with Gasteiger partial charge >= 0.3 is 0 Å². The Bertz CT molecular complexity index is 1300. The Morgan fingerprint density at radius 3 is 2.58 bits per heavy atom. The molecule has 2 aromatic carbocycles. The smallest absolute Gasteiger partial charge is 0.291 e. The Morgan fingerprint density at radius 1 is 1.06 bits per heavy atom. The molecule has 4 aromatic rings. The third-order valence-electron chi connectivity index (χ3n) is 5.04. The van der Waals surface area contributed by atoms with E-state index in [1.165, 1.54) is 0 Å². The predicted octanol–water partition coefficient (Wildman–Crippen LogP) is 6.93. The van der Waals surface area contributed by atoms with Crippen molar-refractivity contribution < 1.29 is 13.9 Å². The molecule has 0 spiro atoms. The highest BCUT2D eigenvalue weighted by atomic mass is 35.5. The molecule has 0 aliphatic carbocycles. The average molecular weight is 505 g/mol. The molecule has 0 aliphatic heterocycles. The molecule has 1 N–H and O–H groups in total. The van der Waals surface area contributed by atoms with Crippen LogP contribution in [0.4, 0.5) is 5.69 Å². The van der Waals surface area contributed by atoms with E-state index in [2.05, 4.69) is 10.4 Å². The molecule has 2 heterocycles. The lowest BCUT2D eigenvalue weighted by Gasteiger charge is -2.07. The lowest BCUT2D eigenvalue weighted by Crippen LogP contribution is -2.12. The van der Waals surface area contributed by atoms with E-state index in [0.29, 0.717) is 44.5 Å². The van der Waals surface area contributed by atoms with Crippen LogP contribution in [0.2, 0.25) is 15.1 Å². The zero-order chi connectivity index (χ0) is 23.5. The molecule has 2 aromatic heterocycles. The average Bonchev–Trinajstić information content (AvgIpc) is 3.37.